The predicted molar refractivity (Wildman–Crippen MR) is 131 cm³/mol. The Bertz CT molecular complexity index is 684. The van der Waals surface area contributed by atoms with Gasteiger partial charge in [-0.05, 0) is 134 Å². The van der Waals surface area contributed by atoms with Crippen molar-refractivity contribution in [1.29, 1.82) is 0 Å². The molecule has 0 aliphatic heterocycles. The fourth-order valence-corrected chi connectivity index (χ4v) is 10.9. The third-order valence-corrected chi connectivity index (χ3v) is 13.4. The maximum Gasteiger partial charge on any atom is 0.0543 e. The summed E-state index contributed by atoms with van der Waals surface area (Å²) in [6.45, 7) is 18.1. The average molecular weight is 429 g/mol. The van der Waals surface area contributed by atoms with E-state index < -0.39 is 0 Å². The maximum atomic E-state index is 10.3. The van der Waals surface area contributed by atoms with Crippen LogP contribution in [-0.2, 0) is 0 Å². The van der Waals surface area contributed by atoms with E-state index in [1.54, 1.807) is 0 Å². The minimum atomic E-state index is -0.0127. The second-order valence-electron chi connectivity index (χ2n) is 14.5. The van der Waals surface area contributed by atoms with Crippen LogP contribution in [0.25, 0.3) is 0 Å². The van der Waals surface area contributed by atoms with Crippen molar-refractivity contribution >= 4 is 0 Å². The monoisotopic (exact) mass is 428 g/mol. The average Bonchev–Trinajstić information content (AvgIpc) is 3.29. The number of hydrogen-bond acceptors (Lipinski definition) is 1. The summed E-state index contributed by atoms with van der Waals surface area (Å²) in [5.41, 5.74) is 1.73. The third-order valence-electron chi connectivity index (χ3n) is 13.4. The molecule has 1 heteroatoms. The fraction of sp³-hybridized carbons (Fsp3) is 1.00. The molecule has 0 aromatic heterocycles. The van der Waals surface area contributed by atoms with Crippen molar-refractivity contribution in [3.8, 4) is 0 Å². The summed E-state index contributed by atoms with van der Waals surface area (Å²) in [4.78, 5) is 0. The fourth-order valence-electron chi connectivity index (χ4n) is 10.9. The Morgan fingerprint density at radius 1 is 0.742 bits per heavy atom. The zero-order chi connectivity index (χ0) is 22.3. The van der Waals surface area contributed by atoms with Crippen LogP contribution in [0.1, 0.15) is 113 Å². The van der Waals surface area contributed by atoms with Crippen molar-refractivity contribution in [2.24, 2.45) is 69.5 Å². The van der Waals surface area contributed by atoms with E-state index in [0.29, 0.717) is 16.2 Å². The molecule has 5 saturated carbocycles. The summed E-state index contributed by atoms with van der Waals surface area (Å²) < 4.78 is 0. The molecule has 5 rings (SSSR count). The van der Waals surface area contributed by atoms with Crippen LogP contribution in [0.2, 0.25) is 0 Å². The molecule has 5 aliphatic rings. The molecule has 0 bridgehead atoms. The van der Waals surface area contributed by atoms with Crippen LogP contribution in [-0.4, -0.2) is 11.2 Å². The van der Waals surface area contributed by atoms with Gasteiger partial charge in [0.05, 0.1) is 6.10 Å². The van der Waals surface area contributed by atoms with Gasteiger partial charge >= 0.3 is 0 Å². The SMILES string of the molecule is CC(C)[C@@H](C)[C@@]1(C)C[C@@H]1C(C)[C@H]1CCC2C3CC[C@H]4C[C@@H](O)CC[C@]4(C)C3CC[C@@]21C. The zero-order valence-corrected chi connectivity index (χ0v) is 21.8. The molecule has 0 aromatic rings. The molecule has 5 aliphatic carbocycles. The second kappa shape index (κ2) is 7.48. The topological polar surface area (TPSA) is 20.2 Å². The first-order valence-electron chi connectivity index (χ1n) is 14.2. The molecule has 31 heavy (non-hydrogen) atoms. The van der Waals surface area contributed by atoms with E-state index in [1.165, 1.54) is 51.4 Å². The van der Waals surface area contributed by atoms with Crippen molar-refractivity contribution in [2.45, 2.75) is 119 Å². The van der Waals surface area contributed by atoms with E-state index in [-0.39, 0.29) is 6.10 Å². The molecule has 12 atom stereocenters. The van der Waals surface area contributed by atoms with E-state index in [0.717, 1.165) is 66.1 Å². The minimum absolute atomic E-state index is 0.0127. The second-order valence-corrected chi connectivity index (χ2v) is 14.5. The van der Waals surface area contributed by atoms with Gasteiger partial charge in [0.15, 0.2) is 0 Å². The number of aliphatic hydroxyl groups is 1. The molecule has 5 fully saturated rings. The van der Waals surface area contributed by atoms with Crippen LogP contribution in [0.4, 0.5) is 0 Å². The first-order chi connectivity index (χ1) is 14.5. The van der Waals surface area contributed by atoms with Gasteiger partial charge < -0.3 is 5.11 Å². The van der Waals surface area contributed by atoms with E-state index in [9.17, 15) is 5.11 Å². The summed E-state index contributed by atoms with van der Waals surface area (Å²) in [6, 6.07) is 0. The Labute approximate surface area is 193 Å². The van der Waals surface area contributed by atoms with Gasteiger partial charge in [-0.15, -0.1) is 0 Å². The molecule has 0 spiro atoms. The van der Waals surface area contributed by atoms with Crippen LogP contribution in [0.5, 0.6) is 0 Å². The van der Waals surface area contributed by atoms with E-state index in [2.05, 4.69) is 48.5 Å². The van der Waals surface area contributed by atoms with Gasteiger partial charge in [0, 0.05) is 0 Å². The maximum absolute atomic E-state index is 10.3. The summed E-state index contributed by atoms with van der Waals surface area (Å²) in [7, 11) is 0. The standard InChI is InChI=1S/C30H52O/c1-18(2)20(4)30(7)17-27(30)19(3)24-10-11-25-23-9-8-21-16-22(31)12-14-28(21,5)26(23)13-15-29(24,25)6/h18-27,31H,8-17H2,1-7H3/t19?,20-,21+,22+,23?,24-,25?,26?,27-,28+,29-,30-/m1/s1. The van der Waals surface area contributed by atoms with Gasteiger partial charge in [-0.3, -0.25) is 0 Å². The van der Waals surface area contributed by atoms with Crippen LogP contribution in [0, 0.1) is 69.5 Å². The van der Waals surface area contributed by atoms with Gasteiger partial charge in [0.1, 0.15) is 0 Å². The quantitative estimate of drug-likeness (QED) is 0.481. The summed E-state index contributed by atoms with van der Waals surface area (Å²) in [6.07, 6.45) is 13.8. The lowest BCUT2D eigenvalue weighted by atomic mass is 9.44. The van der Waals surface area contributed by atoms with E-state index in [1.807, 2.05) is 0 Å². The Morgan fingerprint density at radius 3 is 2.13 bits per heavy atom. The summed E-state index contributed by atoms with van der Waals surface area (Å²) >= 11 is 0. The lowest BCUT2D eigenvalue weighted by Gasteiger charge is -2.61. The van der Waals surface area contributed by atoms with Crippen LogP contribution in [0.3, 0.4) is 0 Å². The van der Waals surface area contributed by atoms with Gasteiger partial charge in [-0.25, -0.2) is 0 Å². The van der Waals surface area contributed by atoms with Crippen molar-refractivity contribution < 1.29 is 5.11 Å². The number of rotatable bonds is 4. The van der Waals surface area contributed by atoms with Gasteiger partial charge in [0.2, 0.25) is 0 Å². The van der Waals surface area contributed by atoms with E-state index in [4.69, 9.17) is 0 Å². The molecule has 0 saturated heterocycles. The molecular weight excluding hydrogens is 376 g/mol. The predicted octanol–water partition coefficient (Wildman–Crippen LogP) is 7.96. The first kappa shape index (κ1) is 22.7. The lowest BCUT2D eigenvalue weighted by Crippen LogP contribution is -2.54. The smallest absolute Gasteiger partial charge is 0.0543 e. The Balaban J connectivity index is 1.33. The summed E-state index contributed by atoms with van der Waals surface area (Å²) in [5, 5.41) is 10.3. The number of hydrogen-bond donors (Lipinski definition) is 1. The van der Waals surface area contributed by atoms with E-state index >= 15 is 0 Å². The molecule has 0 aromatic carbocycles. The highest BCUT2D eigenvalue weighted by Crippen LogP contribution is 2.71. The molecule has 178 valence electrons. The largest absolute Gasteiger partial charge is 0.393 e. The molecule has 1 nitrogen and oxygen atoms in total. The normalized spacial score (nSPS) is 55.8. The molecule has 0 amide bonds. The van der Waals surface area contributed by atoms with Crippen molar-refractivity contribution in [3.63, 3.8) is 0 Å². The summed E-state index contributed by atoms with van der Waals surface area (Å²) in [5.74, 6) is 8.21. The molecule has 1 N–H and O–H groups in total. The van der Waals surface area contributed by atoms with Gasteiger partial charge in [-0.1, -0.05) is 48.5 Å². The van der Waals surface area contributed by atoms with Crippen molar-refractivity contribution in [1.82, 2.24) is 0 Å². The highest BCUT2D eigenvalue weighted by atomic mass is 16.3. The van der Waals surface area contributed by atoms with Crippen LogP contribution in [0.15, 0.2) is 0 Å². The Morgan fingerprint density at radius 2 is 1.42 bits per heavy atom. The number of fused-ring (bicyclic) bond motifs is 5. The molecule has 0 radical (unpaired) electrons. The van der Waals surface area contributed by atoms with Gasteiger partial charge in [-0.2, -0.15) is 0 Å². The number of aliphatic hydroxyl groups excluding tert-OH is 1. The van der Waals surface area contributed by atoms with Crippen molar-refractivity contribution in [3.05, 3.63) is 0 Å². The lowest BCUT2D eigenvalue weighted by molar-refractivity contribution is -0.129. The van der Waals surface area contributed by atoms with Crippen molar-refractivity contribution in [2.75, 3.05) is 0 Å². The zero-order valence-electron chi connectivity index (χ0n) is 21.8. The molecule has 0 heterocycles. The minimum Gasteiger partial charge on any atom is -0.393 e. The van der Waals surface area contributed by atoms with Crippen LogP contribution < -0.4 is 0 Å². The Hall–Kier alpha value is -0.0400. The van der Waals surface area contributed by atoms with Crippen LogP contribution >= 0.6 is 0 Å². The first-order valence-corrected chi connectivity index (χ1v) is 14.2. The molecule has 4 unspecified atom stereocenters. The highest BCUT2D eigenvalue weighted by Gasteiger charge is 2.64. The van der Waals surface area contributed by atoms with Gasteiger partial charge in [0.25, 0.3) is 0 Å². The Kier molecular flexibility index (Phi) is 5.49. The molecular formula is C30H52O. The highest BCUT2D eigenvalue weighted by molar-refractivity contribution is 5.13. The third kappa shape index (κ3) is 3.24.